The lowest BCUT2D eigenvalue weighted by Gasteiger charge is -2.37. The van der Waals surface area contributed by atoms with E-state index < -0.39 is 0 Å². The molecule has 0 unspecified atom stereocenters. The number of hydrogen-bond acceptors (Lipinski definition) is 3. The molecule has 0 saturated heterocycles. The Kier molecular flexibility index (Phi) is 6.98. The maximum atomic E-state index is 8.85. The first-order valence-electron chi connectivity index (χ1n) is 6.31. The predicted molar refractivity (Wildman–Crippen MR) is 62.0 cm³/mol. The van der Waals surface area contributed by atoms with Gasteiger partial charge in [-0.25, -0.2) is 0 Å². The molecule has 0 spiro atoms. The van der Waals surface area contributed by atoms with E-state index in [0.717, 1.165) is 45.2 Å². The van der Waals surface area contributed by atoms with Crippen LogP contribution in [0.1, 0.15) is 39.0 Å². The van der Waals surface area contributed by atoms with E-state index in [0.29, 0.717) is 6.61 Å². The normalized spacial score (nSPS) is 17.0. The zero-order valence-corrected chi connectivity index (χ0v) is 9.95. The van der Waals surface area contributed by atoms with Crippen LogP contribution in [0.15, 0.2) is 0 Å². The molecule has 1 rings (SSSR count). The molecule has 90 valence electrons. The zero-order valence-electron chi connectivity index (χ0n) is 9.95. The number of nitrogens with zero attached hydrogens (tertiary/aromatic N) is 1. The van der Waals surface area contributed by atoms with Crippen molar-refractivity contribution in [2.24, 2.45) is 0 Å². The largest absolute Gasteiger partial charge is 0.396 e. The van der Waals surface area contributed by atoms with Crippen molar-refractivity contribution in [2.45, 2.75) is 45.1 Å². The highest BCUT2D eigenvalue weighted by Gasteiger charge is 2.23. The standard InChI is InChI=1S/C12H25NO2/c1-2-15-11-5-9-13(8-4-10-14)12-6-3-7-12/h12,14H,2-11H2,1H3. The van der Waals surface area contributed by atoms with Crippen molar-refractivity contribution >= 4 is 0 Å². The molecule has 0 radical (unpaired) electrons. The topological polar surface area (TPSA) is 32.7 Å². The van der Waals surface area contributed by atoms with Gasteiger partial charge in [0, 0.05) is 39.0 Å². The minimum absolute atomic E-state index is 0.314. The highest BCUT2D eigenvalue weighted by molar-refractivity contribution is 4.79. The van der Waals surface area contributed by atoms with Gasteiger partial charge in [-0.1, -0.05) is 6.42 Å². The molecule has 0 heterocycles. The van der Waals surface area contributed by atoms with E-state index in [2.05, 4.69) is 4.90 Å². The third-order valence-corrected chi connectivity index (χ3v) is 3.13. The van der Waals surface area contributed by atoms with Gasteiger partial charge in [0.25, 0.3) is 0 Å². The van der Waals surface area contributed by atoms with Gasteiger partial charge in [-0.15, -0.1) is 0 Å². The highest BCUT2D eigenvalue weighted by Crippen LogP contribution is 2.24. The van der Waals surface area contributed by atoms with Gasteiger partial charge in [0.2, 0.25) is 0 Å². The van der Waals surface area contributed by atoms with Gasteiger partial charge in [-0.3, -0.25) is 0 Å². The summed E-state index contributed by atoms with van der Waals surface area (Å²) in [5, 5.41) is 8.85. The van der Waals surface area contributed by atoms with Gasteiger partial charge in [-0.2, -0.15) is 0 Å². The van der Waals surface area contributed by atoms with Crippen molar-refractivity contribution in [3.8, 4) is 0 Å². The smallest absolute Gasteiger partial charge is 0.0478 e. The highest BCUT2D eigenvalue weighted by atomic mass is 16.5. The Labute approximate surface area is 93.4 Å². The van der Waals surface area contributed by atoms with Crippen molar-refractivity contribution < 1.29 is 9.84 Å². The van der Waals surface area contributed by atoms with Gasteiger partial charge < -0.3 is 14.7 Å². The third-order valence-electron chi connectivity index (χ3n) is 3.13. The van der Waals surface area contributed by atoms with Crippen LogP contribution in [0.2, 0.25) is 0 Å². The Morgan fingerprint density at radius 1 is 1.27 bits per heavy atom. The summed E-state index contributed by atoms with van der Waals surface area (Å²) in [6.07, 6.45) is 6.10. The Morgan fingerprint density at radius 2 is 2.00 bits per heavy atom. The van der Waals surface area contributed by atoms with Crippen molar-refractivity contribution in [3.05, 3.63) is 0 Å². The SMILES string of the molecule is CCOCCCN(CCCO)C1CCC1. The summed E-state index contributed by atoms with van der Waals surface area (Å²) in [4.78, 5) is 2.53. The second-order valence-electron chi connectivity index (χ2n) is 4.25. The molecule has 3 nitrogen and oxygen atoms in total. The molecule has 0 aromatic rings. The van der Waals surface area contributed by atoms with E-state index >= 15 is 0 Å². The zero-order chi connectivity index (χ0) is 10.9. The van der Waals surface area contributed by atoms with E-state index in [4.69, 9.17) is 9.84 Å². The molecule has 0 amide bonds. The predicted octanol–water partition coefficient (Wildman–Crippen LogP) is 1.65. The number of aliphatic hydroxyl groups is 1. The Bertz CT molecular complexity index is 149. The lowest BCUT2D eigenvalue weighted by atomic mass is 9.91. The molecule has 0 aromatic heterocycles. The van der Waals surface area contributed by atoms with Crippen LogP contribution < -0.4 is 0 Å². The lowest BCUT2D eigenvalue weighted by Crippen LogP contribution is -2.41. The van der Waals surface area contributed by atoms with Crippen LogP contribution in [0.3, 0.4) is 0 Å². The van der Waals surface area contributed by atoms with Crippen LogP contribution in [-0.4, -0.2) is 49.0 Å². The van der Waals surface area contributed by atoms with Gasteiger partial charge in [0.05, 0.1) is 0 Å². The average molecular weight is 215 g/mol. The summed E-state index contributed by atoms with van der Waals surface area (Å²) < 4.78 is 5.34. The minimum atomic E-state index is 0.314. The maximum Gasteiger partial charge on any atom is 0.0478 e. The monoisotopic (exact) mass is 215 g/mol. The van der Waals surface area contributed by atoms with Crippen molar-refractivity contribution in [1.29, 1.82) is 0 Å². The summed E-state index contributed by atoms with van der Waals surface area (Å²) >= 11 is 0. The van der Waals surface area contributed by atoms with Gasteiger partial charge >= 0.3 is 0 Å². The van der Waals surface area contributed by atoms with Crippen LogP contribution in [0.5, 0.6) is 0 Å². The van der Waals surface area contributed by atoms with Crippen LogP contribution in [0.4, 0.5) is 0 Å². The van der Waals surface area contributed by atoms with E-state index in [1.54, 1.807) is 0 Å². The fourth-order valence-corrected chi connectivity index (χ4v) is 2.02. The molecule has 1 fully saturated rings. The van der Waals surface area contributed by atoms with Crippen molar-refractivity contribution in [3.63, 3.8) is 0 Å². The van der Waals surface area contributed by atoms with Gasteiger partial charge in [0.1, 0.15) is 0 Å². The maximum absolute atomic E-state index is 8.85. The lowest BCUT2D eigenvalue weighted by molar-refractivity contribution is 0.0904. The summed E-state index contributed by atoms with van der Waals surface area (Å²) in [7, 11) is 0. The van der Waals surface area contributed by atoms with E-state index in [1.807, 2.05) is 6.92 Å². The van der Waals surface area contributed by atoms with Crippen molar-refractivity contribution in [2.75, 3.05) is 32.9 Å². The van der Waals surface area contributed by atoms with Gasteiger partial charge in [0.15, 0.2) is 0 Å². The summed E-state index contributed by atoms with van der Waals surface area (Å²) in [5.74, 6) is 0. The second kappa shape index (κ2) is 8.08. The van der Waals surface area contributed by atoms with E-state index in [1.165, 1.54) is 19.3 Å². The minimum Gasteiger partial charge on any atom is -0.396 e. The first-order valence-corrected chi connectivity index (χ1v) is 6.31. The molecule has 0 aromatic carbocycles. The molecule has 0 aliphatic heterocycles. The summed E-state index contributed by atoms with van der Waals surface area (Å²) in [6.45, 7) is 6.22. The average Bonchev–Trinajstić information content (AvgIpc) is 2.17. The van der Waals surface area contributed by atoms with Crippen LogP contribution in [-0.2, 0) is 4.74 Å². The number of ether oxygens (including phenoxy) is 1. The van der Waals surface area contributed by atoms with Crippen LogP contribution in [0.25, 0.3) is 0 Å². The molecular formula is C12H25NO2. The summed E-state index contributed by atoms with van der Waals surface area (Å²) in [6, 6.07) is 0.790. The second-order valence-corrected chi connectivity index (χ2v) is 4.25. The molecule has 1 N–H and O–H groups in total. The molecule has 0 bridgehead atoms. The molecule has 3 heteroatoms. The molecule has 0 atom stereocenters. The fourth-order valence-electron chi connectivity index (χ4n) is 2.02. The van der Waals surface area contributed by atoms with E-state index in [-0.39, 0.29) is 0 Å². The quantitative estimate of drug-likeness (QED) is 0.594. The van der Waals surface area contributed by atoms with Crippen LogP contribution in [0, 0.1) is 0 Å². The Hall–Kier alpha value is -0.120. The molecule has 1 saturated carbocycles. The first-order chi connectivity index (χ1) is 7.38. The molecule has 15 heavy (non-hydrogen) atoms. The Balaban J connectivity index is 2.10. The Morgan fingerprint density at radius 3 is 2.53 bits per heavy atom. The first kappa shape index (κ1) is 12.9. The molecule has 1 aliphatic rings. The summed E-state index contributed by atoms with van der Waals surface area (Å²) in [5.41, 5.74) is 0. The number of hydrogen-bond donors (Lipinski definition) is 1. The molecular weight excluding hydrogens is 190 g/mol. The van der Waals surface area contributed by atoms with Crippen LogP contribution >= 0.6 is 0 Å². The third kappa shape index (κ3) is 4.96. The van der Waals surface area contributed by atoms with E-state index in [9.17, 15) is 0 Å². The number of rotatable bonds is 9. The van der Waals surface area contributed by atoms with Gasteiger partial charge in [-0.05, 0) is 32.6 Å². The fraction of sp³-hybridized carbons (Fsp3) is 1.00. The van der Waals surface area contributed by atoms with Crippen molar-refractivity contribution in [1.82, 2.24) is 4.90 Å². The number of aliphatic hydroxyl groups excluding tert-OH is 1. The molecule has 1 aliphatic carbocycles.